The van der Waals surface area contributed by atoms with Gasteiger partial charge in [-0.15, -0.1) is 11.3 Å². The Balaban J connectivity index is 2.16. The Hall–Kier alpha value is -2.27. The molecule has 0 amide bonds. The number of aryl methyl sites for hydroxylation is 2. The molecule has 2 heterocycles. The largest absolute Gasteiger partial charge is 0.497 e. The van der Waals surface area contributed by atoms with Gasteiger partial charge in [0.1, 0.15) is 5.75 Å². The lowest BCUT2D eigenvalue weighted by Gasteiger charge is -2.05. The number of rotatable bonds is 3. The van der Waals surface area contributed by atoms with Gasteiger partial charge in [0.15, 0.2) is 5.82 Å². The van der Waals surface area contributed by atoms with Gasteiger partial charge in [0, 0.05) is 4.88 Å². The molecule has 0 bridgehead atoms. The van der Waals surface area contributed by atoms with Crippen LogP contribution in [0.5, 0.6) is 5.75 Å². The van der Waals surface area contributed by atoms with Crippen LogP contribution in [0, 0.1) is 13.8 Å². The predicted octanol–water partition coefficient (Wildman–Crippen LogP) is 4.01. The maximum Gasteiger partial charge on any atom is 0.153 e. The van der Waals surface area contributed by atoms with E-state index in [1.54, 1.807) is 18.4 Å². The number of anilines is 1. The van der Waals surface area contributed by atoms with Crippen molar-refractivity contribution in [3.05, 3.63) is 40.8 Å². The lowest BCUT2D eigenvalue weighted by atomic mass is 10.0. The zero-order chi connectivity index (χ0) is 15.0. The highest BCUT2D eigenvalue weighted by atomic mass is 32.1. The van der Waals surface area contributed by atoms with Gasteiger partial charge in [-0.2, -0.15) is 5.10 Å². The van der Waals surface area contributed by atoms with E-state index < -0.39 is 0 Å². The highest BCUT2D eigenvalue weighted by Gasteiger charge is 2.17. The lowest BCUT2D eigenvalue weighted by Crippen LogP contribution is -1.89. The summed E-state index contributed by atoms with van der Waals surface area (Å²) in [6, 6.07) is 10.0. The molecule has 21 heavy (non-hydrogen) atoms. The van der Waals surface area contributed by atoms with E-state index in [-0.39, 0.29) is 0 Å². The fraction of sp³-hybridized carbons (Fsp3) is 0.188. The van der Waals surface area contributed by atoms with Crippen LogP contribution < -0.4 is 10.5 Å². The van der Waals surface area contributed by atoms with Crippen LogP contribution in [-0.4, -0.2) is 17.3 Å². The van der Waals surface area contributed by atoms with Crippen LogP contribution >= 0.6 is 11.3 Å². The Morgan fingerprint density at radius 1 is 1.24 bits per heavy atom. The Kier molecular flexibility index (Phi) is 3.43. The molecule has 108 valence electrons. The summed E-state index contributed by atoms with van der Waals surface area (Å²) in [4.78, 5) is 2.45. The second-order valence-corrected chi connectivity index (χ2v) is 6.20. The van der Waals surface area contributed by atoms with Crippen LogP contribution in [0.4, 0.5) is 5.82 Å². The Morgan fingerprint density at radius 2 is 2.05 bits per heavy atom. The van der Waals surface area contributed by atoms with Crippen molar-refractivity contribution in [1.82, 2.24) is 10.2 Å². The van der Waals surface area contributed by atoms with E-state index in [0.717, 1.165) is 27.4 Å². The number of thiophene rings is 1. The first-order chi connectivity index (χ1) is 10.1. The smallest absolute Gasteiger partial charge is 0.153 e. The Bertz CT molecular complexity index is 769. The summed E-state index contributed by atoms with van der Waals surface area (Å²) in [5, 5.41) is 7.24. The van der Waals surface area contributed by atoms with Crippen molar-refractivity contribution in [2.75, 3.05) is 12.8 Å². The van der Waals surface area contributed by atoms with Crippen molar-refractivity contribution in [3.8, 4) is 27.4 Å². The van der Waals surface area contributed by atoms with E-state index in [1.807, 2.05) is 24.3 Å². The fourth-order valence-electron chi connectivity index (χ4n) is 2.30. The molecule has 0 aliphatic rings. The van der Waals surface area contributed by atoms with Crippen molar-refractivity contribution in [2.45, 2.75) is 13.8 Å². The van der Waals surface area contributed by atoms with E-state index in [0.29, 0.717) is 5.82 Å². The number of aromatic amines is 1. The highest BCUT2D eigenvalue weighted by Crippen LogP contribution is 2.39. The summed E-state index contributed by atoms with van der Waals surface area (Å²) < 4.78 is 5.29. The number of hydrogen-bond donors (Lipinski definition) is 2. The van der Waals surface area contributed by atoms with Gasteiger partial charge >= 0.3 is 0 Å². The number of H-pyrrole nitrogens is 1. The van der Waals surface area contributed by atoms with Gasteiger partial charge in [-0.3, -0.25) is 5.10 Å². The standard InChI is InChI=1S/C16H17N3OS/c1-9-7-13(21-10(9)2)15-14(16(17)19-18-15)11-5-4-6-12(8-11)20-3/h4-8H,1-3H3,(H3,17,18,19). The van der Waals surface area contributed by atoms with Crippen molar-refractivity contribution < 1.29 is 4.74 Å². The summed E-state index contributed by atoms with van der Waals surface area (Å²) in [5.74, 6) is 1.31. The second-order valence-electron chi connectivity index (χ2n) is 4.94. The van der Waals surface area contributed by atoms with Gasteiger partial charge < -0.3 is 10.5 Å². The lowest BCUT2D eigenvalue weighted by molar-refractivity contribution is 0.415. The maximum absolute atomic E-state index is 6.07. The third kappa shape index (κ3) is 2.40. The van der Waals surface area contributed by atoms with Crippen LogP contribution in [0.15, 0.2) is 30.3 Å². The average Bonchev–Trinajstić information content (AvgIpc) is 3.02. The molecule has 5 heteroatoms. The molecule has 0 aliphatic heterocycles. The Labute approximate surface area is 127 Å². The third-order valence-corrected chi connectivity index (χ3v) is 4.74. The van der Waals surface area contributed by atoms with Crippen LogP contribution in [0.3, 0.4) is 0 Å². The molecule has 0 unspecified atom stereocenters. The minimum Gasteiger partial charge on any atom is -0.497 e. The van der Waals surface area contributed by atoms with Crippen LogP contribution in [0.1, 0.15) is 10.4 Å². The number of benzene rings is 1. The molecule has 3 rings (SSSR count). The minimum atomic E-state index is 0.502. The number of nitrogens with two attached hydrogens (primary N) is 1. The van der Waals surface area contributed by atoms with Crippen molar-refractivity contribution >= 4 is 17.2 Å². The topological polar surface area (TPSA) is 63.9 Å². The van der Waals surface area contributed by atoms with Gasteiger partial charge in [-0.1, -0.05) is 12.1 Å². The minimum absolute atomic E-state index is 0.502. The molecular weight excluding hydrogens is 282 g/mol. The molecule has 3 aromatic rings. The maximum atomic E-state index is 6.07. The molecule has 4 nitrogen and oxygen atoms in total. The van der Waals surface area contributed by atoms with Crippen LogP contribution in [0.2, 0.25) is 0 Å². The Morgan fingerprint density at radius 3 is 2.71 bits per heavy atom. The number of nitrogens with one attached hydrogen (secondary N) is 1. The molecule has 1 aromatic carbocycles. The van der Waals surface area contributed by atoms with Gasteiger partial charge in [-0.05, 0) is 43.2 Å². The summed E-state index contributed by atoms with van der Waals surface area (Å²) in [7, 11) is 1.66. The predicted molar refractivity (Wildman–Crippen MR) is 87.8 cm³/mol. The van der Waals surface area contributed by atoms with Crippen molar-refractivity contribution in [1.29, 1.82) is 0 Å². The molecule has 0 saturated carbocycles. The average molecular weight is 299 g/mol. The first-order valence-corrected chi connectivity index (χ1v) is 7.47. The number of aromatic nitrogens is 2. The number of methoxy groups -OCH3 is 1. The first kappa shape index (κ1) is 13.7. The van der Waals surface area contributed by atoms with Crippen molar-refractivity contribution in [2.24, 2.45) is 0 Å². The zero-order valence-corrected chi connectivity index (χ0v) is 13.0. The molecule has 3 N–H and O–H groups in total. The normalized spacial score (nSPS) is 10.8. The summed E-state index contributed by atoms with van der Waals surface area (Å²) in [5.41, 5.74) is 10.2. The highest BCUT2D eigenvalue weighted by molar-refractivity contribution is 7.15. The van der Waals surface area contributed by atoms with Crippen LogP contribution in [0.25, 0.3) is 21.7 Å². The summed E-state index contributed by atoms with van der Waals surface area (Å²) in [6.07, 6.45) is 0. The molecule has 0 radical (unpaired) electrons. The van der Waals surface area contributed by atoms with Gasteiger partial charge in [0.25, 0.3) is 0 Å². The first-order valence-electron chi connectivity index (χ1n) is 6.66. The molecular formula is C16H17N3OS. The summed E-state index contributed by atoms with van der Waals surface area (Å²) in [6.45, 7) is 4.23. The fourth-order valence-corrected chi connectivity index (χ4v) is 3.34. The molecule has 0 saturated heterocycles. The summed E-state index contributed by atoms with van der Waals surface area (Å²) >= 11 is 1.74. The number of ether oxygens (including phenoxy) is 1. The molecule has 0 atom stereocenters. The number of nitrogen functional groups attached to an aromatic ring is 1. The van der Waals surface area contributed by atoms with E-state index in [4.69, 9.17) is 10.5 Å². The van der Waals surface area contributed by atoms with Crippen LogP contribution in [-0.2, 0) is 0 Å². The van der Waals surface area contributed by atoms with E-state index in [1.165, 1.54) is 10.4 Å². The number of hydrogen-bond acceptors (Lipinski definition) is 4. The zero-order valence-electron chi connectivity index (χ0n) is 12.2. The monoisotopic (exact) mass is 299 g/mol. The van der Waals surface area contributed by atoms with E-state index in [2.05, 4.69) is 30.1 Å². The van der Waals surface area contributed by atoms with E-state index in [9.17, 15) is 0 Å². The second kappa shape index (κ2) is 5.26. The molecule has 0 spiro atoms. The van der Waals surface area contributed by atoms with E-state index >= 15 is 0 Å². The van der Waals surface area contributed by atoms with Crippen molar-refractivity contribution in [3.63, 3.8) is 0 Å². The number of nitrogens with zero attached hydrogens (tertiary/aromatic N) is 1. The van der Waals surface area contributed by atoms with Gasteiger partial charge in [0.05, 0.1) is 23.2 Å². The third-order valence-electron chi connectivity index (χ3n) is 3.57. The molecule has 0 fully saturated rings. The quantitative estimate of drug-likeness (QED) is 0.768. The molecule has 2 aromatic heterocycles. The molecule has 0 aliphatic carbocycles. The van der Waals surface area contributed by atoms with Gasteiger partial charge in [0.2, 0.25) is 0 Å². The van der Waals surface area contributed by atoms with Gasteiger partial charge in [-0.25, -0.2) is 0 Å². The SMILES string of the molecule is COc1cccc(-c2c(N)n[nH]c2-c2cc(C)c(C)s2)c1.